The number of methoxy groups -OCH3 is 1. The van der Waals surface area contributed by atoms with Crippen molar-refractivity contribution in [3.8, 4) is 5.75 Å². The highest BCUT2D eigenvalue weighted by Gasteiger charge is 2.20. The Balaban J connectivity index is 2.00. The number of nitrogens with zero attached hydrogens (tertiary/aromatic N) is 2. The molecule has 1 heterocycles. The first-order valence-corrected chi connectivity index (χ1v) is 8.06. The lowest BCUT2D eigenvalue weighted by atomic mass is 10.0. The molecule has 0 fully saturated rings. The molecule has 0 saturated heterocycles. The van der Waals surface area contributed by atoms with Gasteiger partial charge >= 0.3 is 0 Å². The number of nitrogens with one attached hydrogen (secondary N) is 1. The summed E-state index contributed by atoms with van der Waals surface area (Å²) in [5, 5.41) is 3.84. The Morgan fingerprint density at radius 1 is 1.08 bits per heavy atom. The average molecular weight is 361 g/mol. The van der Waals surface area contributed by atoms with Gasteiger partial charge in [-0.3, -0.25) is 0 Å². The third kappa shape index (κ3) is 3.42. The van der Waals surface area contributed by atoms with Gasteiger partial charge < -0.3 is 10.1 Å². The number of halogens is 3. The van der Waals surface area contributed by atoms with E-state index in [1.54, 1.807) is 39.2 Å². The maximum Gasteiger partial charge on any atom is 0.266 e. The van der Waals surface area contributed by atoms with Gasteiger partial charge in [0.1, 0.15) is 23.2 Å². The molecule has 0 spiro atoms. The molecule has 1 aromatic heterocycles. The van der Waals surface area contributed by atoms with Crippen LogP contribution in [0.25, 0.3) is 10.9 Å². The summed E-state index contributed by atoms with van der Waals surface area (Å²) in [5.74, 6) is 0.788. The van der Waals surface area contributed by atoms with Crippen molar-refractivity contribution in [3.05, 3.63) is 59.2 Å². The molecule has 1 atom stereocenters. The summed E-state index contributed by atoms with van der Waals surface area (Å²) < 4.78 is 45.5. The fourth-order valence-electron chi connectivity index (χ4n) is 2.82. The van der Waals surface area contributed by atoms with Gasteiger partial charge in [-0.2, -0.15) is 0 Å². The number of anilines is 1. The van der Waals surface area contributed by atoms with Gasteiger partial charge in [0.25, 0.3) is 6.43 Å². The molecule has 136 valence electrons. The Bertz CT molecular complexity index is 947. The van der Waals surface area contributed by atoms with Crippen molar-refractivity contribution in [1.82, 2.24) is 9.97 Å². The van der Waals surface area contributed by atoms with Gasteiger partial charge in [0.2, 0.25) is 0 Å². The summed E-state index contributed by atoms with van der Waals surface area (Å²) >= 11 is 0. The SMILES string of the molecule is COc1ccc2c(N[C@H](C)c3cccc(C(F)F)c3F)nc(C)nc2c1. The summed E-state index contributed by atoms with van der Waals surface area (Å²) in [6, 6.07) is 8.78. The zero-order valence-electron chi connectivity index (χ0n) is 14.6. The van der Waals surface area contributed by atoms with Crippen molar-refractivity contribution in [2.75, 3.05) is 12.4 Å². The Morgan fingerprint density at radius 2 is 1.81 bits per heavy atom. The molecular weight excluding hydrogens is 343 g/mol. The maximum absolute atomic E-state index is 14.4. The van der Waals surface area contributed by atoms with Crippen LogP contribution < -0.4 is 10.1 Å². The number of aryl methyl sites for hydroxylation is 1. The zero-order chi connectivity index (χ0) is 18.8. The van der Waals surface area contributed by atoms with E-state index in [0.29, 0.717) is 22.9 Å². The third-order valence-electron chi connectivity index (χ3n) is 4.13. The zero-order valence-corrected chi connectivity index (χ0v) is 14.6. The second kappa shape index (κ2) is 7.19. The summed E-state index contributed by atoms with van der Waals surface area (Å²) in [7, 11) is 1.56. The molecule has 0 aliphatic heterocycles. The summed E-state index contributed by atoms with van der Waals surface area (Å²) in [6.07, 6.45) is -2.86. The molecule has 2 aromatic carbocycles. The molecule has 7 heteroatoms. The molecule has 0 radical (unpaired) electrons. The van der Waals surface area contributed by atoms with E-state index in [1.165, 1.54) is 12.1 Å². The van der Waals surface area contributed by atoms with Gasteiger partial charge in [-0.05, 0) is 26.0 Å². The Kier molecular flexibility index (Phi) is 4.97. The van der Waals surface area contributed by atoms with E-state index < -0.39 is 23.8 Å². The minimum atomic E-state index is -2.86. The molecule has 0 saturated carbocycles. The number of hydrogen-bond acceptors (Lipinski definition) is 4. The van der Waals surface area contributed by atoms with Crippen molar-refractivity contribution in [3.63, 3.8) is 0 Å². The van der Waals surface area contributed by atoms with Crippen LogP contribution in [0.15, 0.2) is 36.4 Å². The van der Waals surface area contributed by atoms with Crippen molar-refractivity contribution in [1.29, 1.82) is 0 Å². The fraction of sp³-hybridized carbons (Fsp3) is 0.263. The van der Waals surface area contributed by atoms with Gasteiger partial charge in [-0.15, -0.1) is 0 Å². The molecule has 0 unspecified atom stereocenters. The fourth-order valence-corrected chi connectivity index (χ4v) is 2.82. The second-order valence-electron chi connectivity index (χ2n) is 5.92. The van der Waals surface area contributed by atoms with Crippen molar-refractivity contribution < 1.29 is 17.9 Å². The number of fused-ring (bicyclic) bond motifs is 1. The molecule has 26 heavy (non-hydrogen) atoms. The first kappa shape index (κ1) is 18.0. The van der Waals surface area contributed by atoms with Crippen LogP contribution in [-0.4, -0.2) is 17.1 Å². The lowest BCUT2D eigenvalue weighted by Gasteiger charge is -2.18. The van der Waals surface area contributed by atoms with Crippen LogP contribution in [0, 0.1) is 12.7 Å². The average Bonchev–Trinajstić information content (AvgIpc) is 2.60. The Morgan fingerprint density at radius 3 is 2.50 bits per heavy atom. The van der Waals surface area contributed by atoms with Crippen LogP contribution in [0.2, 0.25) is 0 Å². The monoisotopic (exact) mass is 361 g/mol. The van der Waals surface area contributed by atoms with Gasteiger partial charge in [0, 0.05) is 17.0 Å². The summed E-state index contributed by atoms with van der Waals surface area (Å²) in [6.45, 7) is 3.44. The molecular formula is C19H18F3N3O. The molecule has 3 aromatic rings. The minimum absolute atomic E-state index is 0.153. The number of hydrogen-bond donors (Lipinski definition) is 1. The van der Waals surface area contributed by atoms with Gasteiger partial charge in [-0.1, -0.05) is 18.2 Å². The number of aromatic nitrogens is 2. The molecule has 4 nitrogen and oxygen atoms in total. The first-order chi connectivity index (χ1) is 12.4. The third-order valence-corrected chi connectivity index (χ3v) is 4.13. The van der Waals surface area contributed by atoms with E-state index in [4.69, 9.17) is 4.74 Å². The maximum atomic E-state index is 14.4. The summed E-state index contributed by atoms with van der Waals surface area (Å²) in [4.78, 5) is 8.75. The van der Waals surface area contributed by atoms with Crippen molar-refractivity contribution in [2.24, 2.45) is 0 Å². The molecule has 0 aliphatic carbocycles. The highest BCUT2D eigenvalue weighted by atomic mass is 19.3. The Hall–Kier alpha value is -2.83. The van der Waals surface area contributed by atoms with Crippen LogP contribution in [0.1, 0.15) is 36.3 Å². The lowest BCUT2D eigenvalue weighted by molar-refractivity contribution is 0.146. The number of alkyl halides is 2. The van der Waals surface area contributed by atoms with Crippen molar-refractivity contribution >= 4 is 16.7 Å². The van der Waals surface area contributed by atoms with E-state index in [9.17, 15) is 13.2 Å². The highest BCUT2D eigenvalue weighted by Crippen LogP contribution is 2.31. The van der Waals surface area contributed by atoms with Crippen LogP contribution in [0.3, 0.4) is 0 Å². The molecule has 3 rings (SSSR count). The van der Waals surface area contributed by atoms with E-state index in [-0.39, 0.29) is 5.56 Å². The number of benzene rings is 2. The van der Waals surface area contributed by atoms with E-state index in [2.05, 4.69) is 15.3 Å². The van der Waals surface area contributed by atoms with Crippen LogP contribution in [-0.2, 0) is 0 Å². The van der Waals surface area contributed by atoms with E-state index in [0.717, 1.165) is 11.5 Å². The van der Waals surface area contributed by atoms with Gasteiger partial charge in [0.05, 0.1) is 24.2 Å². The minimum Gasteiger partial charge on any atom is -0.497 e. The molecule has 1 N–H and O–H groups in total. The highest BCUT2D eigenvalue weighted by molar-refractivity contribution is 5.90. The van der Waals surface area contributed by atoms with E-state index >= 15 is 0 Å². The van der Waals surface area contributed by atoms with Crippen molar-refractivity contribution in [2.45, 2.75) is 26.3 Å². The predicted molar refractivity (Wildman–Crippen MR) is 94.2 cm³/mol. The largest absolute Gasteiger partial charge is 0.497 e. The van der Waals surface area contributed by atoms with Crippen LogP contribution in [0.4, 0.5) is 19.0 Å². The molecule has 0 bridgehead atoms. The van der Waals surface area contributed by atoms with Gasteiger partial charge in [-0.25, -0.2) is 23.1 Å². The smallest absolute Gasteiger partial charge is 0.266 e. The lowest BCUT2D eigenvalue weighted by Crippen LogP contribution is -2.12. The molecule has 0 amide bonds. The Labute approximate surface area is 149 Å². The van der Waals surface area contributed by atoms with E-state index in [1.807, 2.05) is 0 Å². The quantitative estimate of drug-likeness (QED) is 0.679. The normalized spacial score (nSPS) is 12.4. The standard InChI is InChI=1S/C19H18F3N3O/c1-10(13-5-4-6-15(17(13)20)18(21)22)23-19-14-8-7-12(26-3)9-16(14)24-11(2)25-19/h4-10,18H,1-3H3,(H,23,24,25)/t10-/m1/s1. The first-order valence-electron chi connectivity index (χ1n) is 8.06. The second-order valence-corrected chi connectivity index (χ2v) is 5.92. The number of ether oxygens (including phenoxy) is 1. The van der Waals surface area contributed by atoms with Gasteiger partial charge in [0.15, 0.2) is 0 Å². The topological polar surface area (TPSA) is 47.0 Å². The predicted octanol–water partition coefficient (Wildman–Crippen LogP) is 5.20. The summed E-state index contributed by atoms with van der Waals surface area (Å²) in [5.41, 5.74) is 0.221. The molecule has 0 aliphatic rings. The van der Waals surface area contributed by atoms with Crippen LogP contribution in [0.5, 0.6) is 5.75 Å². The number of rotatable bonds is 5. The van der Waals surface area contributed by atoms with Crippen LogP contribution >= 0.6 is 0 Å².